The molecule has 2 aromatic heterocycles. The van der Waals surface area contributed by atoms with Gasteiger partial charge in [0.2, 0.25) is 0 Å². The third-order valence-electron chi connectivity index (χ3n) is 12.1. The first kappa shape index (κ1) is 51.5. The van der Waals surface area contributed by atoms with E-state index in [-0.39, 0.29) is 31.7 Å². The summed E-state index contributed by atoms with van der Waals surface area (Å²) in [4.78, 5) is 60.0. The highest BCUT2D eigenvalue weighted by molar-refractivity contribution is 8.27. The first-order valence-electron chi connectivity index (χ1n) is 23.5. The number of benzene rings is 2. The number of rotatable bonds is 21. The third-order valence-corrected chi connectivity index (χ3v) is 18.3. The largest absolute Gasteiger partial charge is 0.480 e. The molecule has 4 aromatic rings. The Morgan fingerprint density at radius 1 is 0.686 bits per heavy atom. The maximum Gasteiger partial charge on any atom is 0.323 e. The van der Waals surface area contributed by atoms with Crippen LogP contribution in [0.3, 0.4) is 0 Å². The summed E-state index contributed by atoms with van der Waals surface area (Å²) in [5, 5.41) is 18.8. The van der Waals surface area contributed by atoms with Gasteiger partial charge in [-0.15, -0.1) is 34.4 Å². The second-order valence-electron chi connectivity index (χ2n) is 17.2. The predicted octanol–water partition coefficient (Wildman–Crippen LogP) is 14.0. The zero-order valence-electron chi connectivity index (χ0n) is 38.8. The highest BCUT2D eigenvalue weighted by atomic mass is 32.2. The number of carboxylic acids is 2. The van der Waals surface area contributed by atoms with E-state index in [4.69, 9.17) is 24.4 Å². The molecule has 70 heavy (non-hydrogen) atoms. The minimum Gasteiger partial charge on any atom is -0.480 e. The van der Waals surface area contributed by atoms with Gasteiger partial charge in [-0.1, -0.05) is 155 Å². The lowest BCUT2D eigenvalue weighted by molar-refractivity contribution is -0.140. The van der Waals surface area contributed by atoms with E-state index in [2.05, 4.69) is 116 Å². The van der Waals surface area contributed by atoms with Crippen molar-refractivity contribution in [1.29, 1.82) is 0 Å². The Bertz CT molecular complexity index is 2870. The number of thiocarbonyl (C=S) groups is 2. The van der Waals surface area contributed by atoms with Crippen LogP contribution in [0.5, 0.6) is 0 Å². The molecular weight excluding hydrogens is 1010 g/mol. The van der Waals surface area contributed by atoms with Gasteiger partial charge in [-0.25, -0.2) is 0 Å². The Kier molecular flexibility index (Phi) is 17.7. The van der Waals surface area contributed by atoms with Crippen molar-refractivity contribution in [1.82, 2.24) is 9.80 Å². The van der Waals surface area contributed by atoms with Crippen molar-refractivity contribution in [3.63, 3.8) is 0 Å². The van der Waals surface area contributed by atoms with Crippen LogP contribution in [0, 0.1) is 0 Å². The number of thioether (sulfide) groups is 3. The number of aryl methyl sites for hydroxylation is 2. The molecule has 0 spiro atoms. The number of unbranched alkanes of at least 4 members (excludes halogenated alkanes) is 6. The molecule has 2 unspecified atom stereocenters. The number of para-hydroxylation sites is 1. The van der Waals surface area contributed by atoms with Gasteiger partial charge in [-0.05, 0) is 109 Å². The fourth-order valence-electron chi connectivity index (χ4n) is 8.62. The number of nitrogens with zero attached hydrogens (tertiary/aromatic N) is 3. The molecule has 2 aromatic carbocycles. The molecule has 2 amide bonds. The molecule has 0 saturated carbocycles. The van der Waals surface area contributed by atoms with Crippen LogP contribution in [-0.2, 0) is 32.0 Å². The van der Waals surface area contributed by atoms with Gasteiger partial charge in [-0.2, -0.15) is 0 Å². The van der Waals surface area contributed by atoms with Gasteiger partial charge in [-0.3, -0.25) is 29.0 Å². The fraction of sp³-hybridized carbons (Fsp3) is 0.296. The van der Waals surface area contributed by atoms with Crippen molar-refractivity contribution in [2.45, 2.75) is 94.2 Å². The van der Waals surface area contributed by atoms with Gasteiger partial charge >= 0.3 is 11.9 Å². The lowest BCUT2D eigenvalue weighted by Gasteiger charge is -2.42. The number of fused-ring (bicyclic) bond motifs is 2. The Balaban J connectivity index is 1.06. The fourth-order valence-corrected chi connectivity index (χ4v) is 14.7. The molecule has 362 valence electrons. The SMILES string of the molecule is CCCCCCc1cc(/C=C2/SC(=S)N(CC(=O)O)C2=O)sc1/C=C/C1=CC2Sc3cc(/C=C/c4sc(/C=C5/SC(=S)N(CC(=O)O)C5=O)cc4CCCCCC)ccc3N(c3ccccc3)C2C=C1. The van der Waals surface area contributed by atoms with Crippen molar-refractivity contribution in [2.24, 2.45) is 0 Å². The van der Waals surface area contributed by atoms with E-state index in [1.54, 1.807) is 22.7 Å². The monoisotopic (exact) mass is 1060 g/mol. The summed E-state index contributed by atoms with van der Waals surface area (Å²) in [6.07, 6.45) is 30.3. The van der Waals surface area contributed by atoms with Crippen LogP contribution in [0.15, 0.2) is 105 Å². The van der Waals surface area contributed by atoms with Crippen LogP contribution in [0.1, 0.15) is 101 Å². The highest BCUT2D eigenvalue weighted by Gasteiger charge is 2.36. The van der Waals surface area contributed by atoms with Crippen molar-refractivity contribution in [3.05, 3.63) is 137 Å². The van der Waals surface area contributed by atoms with Crippen LogP contribution in [-0.4, -0.2) is 76.8 Å². The molecule has 0 bridgehead atoms. The minimum atomic E-state index is -1.10. The molecule has 5 heterocycles. The Morgan fingerprint density at radius 2 is 1.24 bits per heavy atom. The van der Waals surface area contributed by atoms with Crippen LogP contribution in [0.25, 0.3) is 30.4 Å². The van der Waals surface area contributed by atoms with E-state index >= 15 is 0 Å². The number of carboxylic acid groups (broad SMARTS) is 2. The molecule has 2 saturated heterocycles. The van der Waals surface area contributed by atoms with E-state index in [1.807, 2.05) is 30.0 Å². The summed E-state index contributed by atoms with van der Waals surface area (Å²) >= 11 is 18.1. The van der Waals surface area contributed by atoms with Crippen molar-refractivity contribution >= 4 is 157 Å². The number of thiophene rings is 2. The number of carbonyl (C=O) groups is 4. The zero-order chi connectivity index (χ0) is 49.3. The normalized spacial score (nSPS) is 19.2. The zero-order valence-corrected chi connectivity index (χ0v) is 44.6. The van der Waals surface area contributed by atoms with Gasteiger partial charge in [0.05, 0.1) is 26.8 Å². The second kappa shape index (κ2) is 24.1. The van der Waals surface area contributed by atoms with E-state index in [0.29, 0.717) is 9.81 Å². The summed E-state index contributed by atoms with van der Waals surface area (Å²) in [5.74, 6) is -2.94. The molecule has 3 aliphatic heterocycles. The average molecular weight is 1060 g/mol. The first-order valence-corrected chi connectivity index (χ1v) is 28.5. The molecule has 16 heteroatoms. The maximum absolute atomic E-state index is 13.1. The highest BCUT2D eigenvalue weighted by Crippen LogP contribution is 2.48. The number of hydrogen-bond donors (Lipinski definition) is 2. The molecule has 8 rings (SSSR count). The van der Waals surface area contributed by atoms with Crippen LogP contribution in [0.4, 0.5) is 11.4 Å². The Hall–Kier alpha value is -4.81. The van der Waals surface area contributed by atoms with E-state index in [0.717, 1.165) is 127 Å². The quantitative estimate of drug-likeness (QED) is 0.0470. The lowest BCUT2D eigenvalue weighted by Crippen LogP contribution is -2.41. The summed E-state index contributed by atoms with van der Waals surface area (Å²) in [6, 6.07) is 21.6. The van der Waals surface area contributed by atoms with Crippen LogP contribution < -0.4 is 4.90 Å². The number of carbonyl (C=O) groups excluding carboxylic acids is 2. The minimum absolute atomic E-state index is 0.0881. The number of aliphatic carboxylic acids is 2. The second-order valence-corrected chi connectivity index (χ2v) is 24.0. The van der Waals surface area contributed by atoms with Gasteiger partial charge in [0.25, 0.3) is 11.8 Å². The molecule has 4 aliphatic rings. The van der Waals surface area contributed by atoms with Crippen LogP contribution in [0.2, 0.25) is 0 Å². The summed E-state index contributed by atoms with van der Waals surface area (Å²) in [6.45, 7) is 3.52. The number of amides is 2. The van der Waals surface area contributed by atoms with Gasteiger partial charge in [0, 0.05) is 30.1 Å². The Morgan fingerprint density at radius 3 is 1.79 bits per heavy atom. The summed E-state index contributed by atoms with van der Waals surface area (Å²) in [7, 11) is 0. The Labute approximate surface area is 441 Å². The molecule has 9 nitrogen and oxygen atoms in total. The van der Waals surface area contributed by atoms with E-state index in [1.165, 1.54) is 28.9 Å². The van der Waals surface area contributed by atoms with Crippen molar-refractivity contribution < 1.29 is 29.4 Å². The lowest BCUT2D eigenvalue weighted by atomic mass is 9.98. The molecule has 2 N–H and O–H groups in total. The molecule has 2 atom stereocenters. The van der Waals surface area contributed by atoms with E-state index in [9.17, 15) is 29.4 Å². The number of allylic oxidation sites excluding steroid dienone is 3. The molecule has 1 aliphatic carbocycles. The van der Waals surface area contributed by atoms with Gasteiger partial charge in [0.15, 0.2) is 0 Å². The van der Waals surface area contributed by atoms with E-state index < -0.39 is 25.0 Å². The smallest absolute Gasteiger partial charge is 0.323 e. The van der Waals surface area contributed by atoms with Crippen LogP contribution >= 0.6 is 82.4 Å². The molecular formula is C54H53N3O6S7. The topological polar surface area (TPSA) is 118 Å². The summed E-state index contributed by atoms with van der Waals surface area (Å²) in [5.41, 5.74) is 6.93. The maximum atomic E-state index is 13.1. The molecule has 2 fully saturated rings. The van der Waals surface area contributed by atoms with Crippen molar-refractivity contribution in [3.8, 4) is 0 Å². The average Bonchev–Trinajstić information content (AvgIpc) is 4.06. The third kappa shape index (κ3) is 12.6. The molecule has 0 radical (unpaired) electrons. The van der Waals surface area contributed by atoms with Crippen molar-refractivity contribution in [2.75, 3.05) is 18.0 Å². The predicted molar refractivity (Wildman–Crippen MR) is 303 cm³/mol. The first-order chi connectivity index (χ1) is 33.9. The number of anilines is 2. The van der Waals surface area contributed by atoms with Gasteiger partial charge in [0.1, 0.15) is 21.7 Å². The number of hydrogen-bond acceptors (Lipinski definition) is 12. The summed E-state index contributed by atoms with van der Waals surface area (Å²) < 4.78 is 0.518. The van der Waals surface area contributed by atoms with Gasteiger partial charge < -0.3 is 15.1 Å². The standard InChI is InChI=1S/C54H53N3O6S7/c1-3-5-7-10-14-36-28-39(30-47-51(62)55(32-49(58)59)53(64)69-47)66-43(36)24-20-34-18-22-41-45(26-34)68-46-27-35(19-23-42(46)57(41)38-16-12-9-13-17-38)21-25-44-37(15-11-8-6-4-2)29-40(67-44)31-48-52(63)56(33-50(60)61)54(65)70-48/h9,12-13,16-31,41,45H,3-8,10-11,14-15,32-33H2,1-2H3,(H,58,59)(H,60,61)/b24-20+,25-21+,47-30+,48-31+.